The van der Waals surface area contributed by atoms with Crippen LogP contribution in [0.4, 0.5) is 5.95 Å². The molecule has 0 unspecified atom stereocenters. The third-order valence-corrected chi connectivity index (χ3v) is 2.83. The van der Waals surface area contributed by atoms with Gasteiger partial charge in [0.05, 0.1) is 7.11 Å². The van der Waals surface area contributed by atoms with Gasteiger partial charge >= 0.3 is 6.01 Å². The molecule has 0 fully saturated rings. The summed E-state index contributed by atoms with van der Waals surface area (Å²) in [5, 5.41) is 9.35. The Hall–Kier alpha value is -2.28. The van der Waals surface area contributed by atoms with Crippen LogP contribution < -0.4 is 14.8 Å². The van der Waals surface area contributed by atoms with E-state index in [2.05, 4.69) is 20.5 Å². The van der Waals surface area contributed by atoms with Gasteiger partial charge in [-0.1, -0.05) is 11.6 Å². The van der Waals surface area contributed by atoms with E-state index in [1.807, 2.05) is 6.92 Å². The fraction of sp³-hybridized carbons (Fsp3) is 0.250. The van der Waals surface area contributed by atoms with Crippen molar-refractivity contribution in [1.29, 1.82) is 0 Å². The van der Waals surface area contributed by atoms with Gasteiger partial charge in [-0.25, -0.2) is 5.10 Å². The predicted molar refractivity (Wildman–Crippen MR) is 73.2 cm³/mol. The molecule has 0 aliphatic rings. The highest BCUT2D eigenvalue weighted by atomic mass is 35.5. The number of carbonyl (C=O) groups excluding carboxylic acids is 1. The minimum Gasteiger partial charge on any atom is -0.484 e. The van der Waals surface area contributed by atoms with Crippen LogP contribution in [-0.2, 0) is 4.79 Å². The number of benzene rings is 1. The molecule has 0 radical (unpaired) electrons. The summed E-state index contributed by atoms with van der Waals surface area (Å²) in [5.74, 6) is 0.399. The fourth-order valence-corrected chi connectivity index (χ4v) is 1.54. The van der Waals surface area contributed by atoms with Crippen LogP contribution in [0, 0.1) is 6.92 Å². The maximum atomic E-state index is 11.6. The minimum absolute atomic E-state index is 0.148. The molecule has 7 nitrogen and oxygen atoms in total. The van der Waals surface area contributed by atoms with Gasteiger partial charge in [-0.3, -0.25) is 10.1 Å². The topological polar surface area (TPSA) is 89.1 Å². The highest BCUT2D eigenvalue weighted by Crippen LogP contribution is 2.20. The van der Waals surface area contributed by atoms with Crippen LogP contribution in [-0.4, -0.2) is 34.8 Å². The number of ether oxygens (including phenoxy) is 2. The Morgan fingerprint density at radius 2 is 2.30 bits per heavy atom. The number of H-pyrrole nitrogens is 1. The first-order chi connectivity index (χ1) is 9.58. The van der Waals surface area contributed by atoms with Gasteiger partial charge in [-0.05, 0) is 30.7 Å². The normalized spacial score (nSPS) is 10.2. The van der Waals surface area contributed by atoms with Crippen LogP contribution >= 0.6 is 11.6 Å². The fourth-order valence-electron chi connectivity index (χ4n) is 1.42. The molecule has 0 bridgehead atoms. The molecule has 0 aliphatic heterocycles. The van der Waals surface area contributed by atoms with Gasteiger partial charge in [0.15, 0.2) is 6.61 Å². The molecule has 106 valence electrons. The average molecular weight is 297 g/mol. The van der Waals surface area contributed by atoms with Crippen LogP contribution in [0.5, 0.6) is 11.8 Å². The van der Waals surface area contributed by atoms with Crippen molar-refractivity contribution < 1.29 is 14.3 Å². The largest absolute Gasteiger partial charge is 0.484 e. The number of aromatic nitrogens is 3. The summed E-state index contributed by atoms with van der Waals surface area (Å²) in [6.07, 6.45) is 0. The van der Waals surface area contributed by atoms with E-state index in [0.717, 1.165) is 5.56 Å². The monoisotopic (exact) mass is 296 g/mol. The maximum absolute atomic E-state index is 11.6. The van der Waals surface area contributed by atoms with Gasteiger partial charge < -0.3 is 9.47 Å². The zero-order chi connectivity index (χ0) is 14.5. The van der Waals surface area contributed by atoms with Crippen molar-refractivity contribution in [2.24, 2.45) is 0 Å². The molecule has 0 saturated heterocycles. The minimum atomic E-state index is -0.364. The van der Waals surface area contributed by atoms with Gasteiger partial charge in [-0.15, -0.1) is 5.10 Å². The zero-order valence-electron chi connectivity index (χ0n) is 10.9. The first kappa shape index (κ1) is 14.1. The zero-order valence-corrected chi connectivity index (χ0v) is 11.7. The molecule has 2 aromatic rings. The summed E-state index contributed by atoms with van der Waals surface area (Å²) in [6, 6.07) is 5.31. The molecule has 0 atom stereocenters. The summed E-state index contributed by atoms with van der Waals surface area (Å²) in [6.45, 7) is 1.71. The Morgan fingerprint density at radius 1 is 1.50 bits per heavy atom. The van der Waals surface area contributed by atoms with Gasteiger partial charge in [-0.2, -0.15) is 4.98 Å². The van der Waals surface area contributed by atoms with Crippen molar-refractivity contribution >= 4 is 23.5 Å². The summed E-state index contributed by atoms with van der Waals surface area (Å²) < 4.78 is 10.1. The lowest BCUT2D eigenvalue weighted by atomic mass is 10.2. The van der Waals surface area contributed by atoms with Crippen molar-refractivity contribution in [3.8, 4) is 11.8 Å². The lowest BCUT2D eigenvalue weighted by Gasteiger charge is -2.07. The van der Waals surface area contributed by atoms with Crippen LogP contribution in [0.2, 0.25) is 5.02 Å². The van der Waals surface area contributed by atoms with Crippen molar-refractivity contribution in [1.82, 2.24) is 15.2 Å². The van der Waals surface area contributed by atoms with Crippen LogP contribution in [0.15, 0.2) is 18.2 Å². The third kappa shape index (κ3) is 3.61. The quantitative estimate of drug-likeness (QED) is 0.878. The summed E-state index contributed by atoms with van der Waals surface area (Å²) >= 11 is 5.90. The van der Waals surface area contributed by atoms with E-state index in [-0.39, 0.29) is 24.5 Å². The Morgan fingerprint density at radius 3 is 2.95 bits per heavy atom. The SMILES string of the molecule is COc1n[nH]c(NC(=O)COc2ccc(Cl)c(C)c2)n1. The maximum Gasteiger partial charge on any atom is 0.336 e. The molecule has 1 amide bonds. The molecule has 1 heterocycles. The summed E-state index contributed by atoms with van der Waals surface area (Å²) in [5.41, 5.74) is 0.879. The molecule has 0 saturated carbocycles. The van der Waals surface area contributed by atoms with Gasteiger partial charge in [0.2, 0.25) is 5.95 Å². The number of methoxy groups -OCH3 is 1. The number of amides is 1. The smallest absolute Gasteiger partial charge is 0.336 e. The summed E-state index contributed by atoms with van der Waals surface area (Å²) in [7, 11) is 1.43. The first-order valence-corrected chi connectivity index (χ1v) is 6.11. The highest BCUT2D eigenvalue weighted by molar-refractivity contribution is 6.31. The second kappa shape index (κ2) is 6.25. The third-order valence-electron chi connectivity index (χ3n) is 2.40. The molecule has 1 aromatic heterocycles. The molecule has 1 aromatic carbocycles. The number of rotatable bonds is 5. The van der Waals surface area contributed by atoms with Crippen LogP contribution in [0.3, 0.4) is 0 Å². The van der Waals surface area contributed by atoms with Crippen LogP contribution in [0.25, 0.3) is 0 Å². The number of aromatic amines is 1. The van der Waals surface area contributed by atoms with E-state index >= 15 is 0 Å². The second-order valence-corrected chi connectivity index (χ2v) is 4.33. The number of nitrogens with zero attached hydrogens (tertiary/aromatic N) is 2. The predicted octanol–water partition coefficient (Wildman–Crippen LogP) is 1.79. The number of hydrogen-bond acceptors (Lipinski definition) is 5. The van der Waals surface area contributed by atoms with E-state index in [4.69, 9.17) is 21.1 Å². The molecular weight excluding hydrogens is 284 g/mol. The van der Waals surface area contributed by atoms with Gasteiger partial charge in [0, 0.05) is 5.02 Å². The first-order valence-electron chi connectivity index (χ1n) is 5.73. The highest BCUT2D eigenvalue weighted by Gasteiger charge is 2.08. The van der Waals surface area contributed by atoms with Crippen molar-refractivity contribution in [3.63, 3.8) is 0 Å². The van der Waals surface area contributed by atoms with E-state index in [1.54, 1.807) is 18.2 Å². The molecular formula is C12H13ClN4O3. The second-order valence-electron chi connectivity index (χ2n) is 3.92. The van der Waals surface area contributed by atoms with Crippen LogP contribution in [0.1, 0.15) is 5.56 Å². The molecule has 8 heteroatoms. The number of aryl methyl sites for hydroxylation is 1. The van der Waals surface area contributed by atoms with Crippen molar-refractivity contribution in [2.45, 2.75) is 6.92 Å². The van der Waals surface area contributed by atoms with Gasteiger partial charge in [0.25, 0.3) is 5.91 Å². The van der Waals surface area contributed by atoms with E-state index < -0.39 is 0 Å². The van der Waals surface area contributed by atoms with Crippen molar-refractivity contribution in [2.75, 3.05) is 19.0 Å². The Bertz CT molecular complexity index is 614. The van der Waals surface area contributed by atoms with Gasteiger partial charge in [0.1, 0.15) is 5.75 Å². The standard InChI is InChI=1S/C12H13ClN4O3/c1-7-5-8(3-4-9(7)13)20-6-10(18)14-11-15-12(19-2)17-16-11/h3-5H,6H2,1-2H3,(H2,14,15,16,17,18). The number of halogens is 1. The van der Waals surface area contributed by atoms with E-state index in [9.17, 15) is 4.79 Å². The lowest BCUT2D eigenvalue weighted by molar-refractivity contribution is -0.118. The molecule has 2 N–H and O–H groups in total. The Balaban J connectivity index is 1.87. The average Bonchev–Trinajstić information content (AvgIpc) is 2.88. The molecule has 0 spiro atoms. The Labute approximate surface area is 120 Å². The number of nitrogens with one attached hydrogen (secondary N) is 2. The van der Waals surface area contributed by atoms with Crippen molar-refractivity contribution in [3.05, 3.63) is 28.8 Å². The molecule has 2 rings (SSSR count). The number of hydrogen-bond donors (Lipinski definition) is 2. The number of anilines is 1. The summed E-state index contributed by atoms with van der Waals surface area (Å²) in [4.78, 5) is 15.5. The Kier molecular flexibility index (Phi) is 4.41. The van der Waals surface area contributed by atoms with E-state index in [1.165, 1.54) is 7.11 Å². The number of carbonyl (C=O) groups is 1. The van der Waals surface area contributed by atoms with E-state index in [0.29, 0.717) is 10.8 Å². The lowest BCUT2D eigenvalue weighted by Crippen LogP contribution is -2.20. The molecule has 0 aliphatic carbocycles. The molecule has 20 heavy (non-hydrogen) atoms.